The molecule has 7 heteroatoms. The van der Waals surface area contributed by atoms with Crippen molar-refractivity contribution < 1.29 is 23.1 Å². The number of hydrogen-bond donors (Lipinski definition) is 2. The number of ether oxygens (including phenoxy) is 1. The van der Waals surface area contributed by atoms with Gasteiger partial charge in [0.2, 0.25) is 5.91 Å². The summed E-state index contributed by atoms with van der Waals surface area (Å²) < 4.78 is 26.7. The lowest BCUT2D eigenvalue weighted by Gasteiger charge is -2.14. The Bertz CT molecular complexity index is 312. The lowest BCUT2D eigenvalue weighted by molar-refractivity contribution is -0.125. The SMILES string of the molecule is COCC(=O)NC1CS(=O)(=O)CC1O. The summed E-state index contributed by atoms with van der Waals surface area (Å²) in [5, 5.41) is 11.7. The van der Waals surface area contributed by atoms with Crippen molar-refractivity contribution in [3.63, 3.8) is 0 Å². The number of aliphatic hydroxyl groups excluding tert-OH is 1. The zero-order valence-corrected chi connectivity index (χ0v) is 8.58. The molecule has 1 heterocycles. The fraction of sp³-hybridized carbons (Fsp3) is 0.857. The summed E-state index contributed by atoms with van der Waals surface area (Å²) in [6.07, 6.45) is -1.01. The molecule has 0 spiro atoms. The normalized spacial score (nSPS) is 30.1. The Labute approximate surface area is 82.2 Å². The van der Waals surface area contributed by atoms with Gasteiger partial charge in [0.05, 0.1) is 23.7 Å². The monoisotopic (exact) mass is 223 g/mol. The van der Waals surface area contributed by atoms with Gasteiger partial charge in [0.25, 0.3) is 0 Å². The van der Waals surface area contributed by atoms with Crippen LogP contribution in [0.3, 0.4) is 0 Å². The maximum absolute atomic E-state index is 11.0. The first-order valence-electron chi connectivity index (χ1n) is 4.11. The predicted octanol–water partition coefficient (Wildman–Crippen LogP) is -2.09. The maximum atomic E-state index is 11.0. The number of sulfone groups is 1. The molecule has 1 aliphatic heterocycles. The van der Waals surface area contributed by atoms with Crippen molar-refractivity contribution in [1.82, 2.24) is 5.32 Å². The van der Waals surface area contributed by atoms with E-state index in [0.29, 0.717) is 0 Å². The zero-order valence-electron chi connectivity index (χ0n) is 7.76. The van der Waals surface area contributed by atoms with Crippen LogP contribution in [0.1, 0.15) is 0 Å². The predicted molar refractivity (Wildman–Crippen MR) is 48.5 cm³/mol. The Kier molecular flexibility index (Phi) is 3.46. The van der Waals surface area contributed by atoms with E-state index in [1.165, 1.54) is 7.11 Å². The lowest BCUT2D eigenvalue weighted by Crippen LogP contribution is -2.44. The van der Waals surface area contributed by atoms with Gasteiger partial charge in [-0.15, -0.1) is 0 Å². The number of carbonyl (C=O) groups is 1. The smallest absolute Gasteiger partial charge is 0.246 e. The van der Waals surface area contributed by atoms with Crippen LogP contribution in [0.25, 0.3) is 0 Å². The van der Waals surface area contributed by atoms with E-state index in [0.717, 1.165) is 0 Å². The molecule has 1 amide bonds. The Morgan fingerprint density at radius 2 is 2.21 bits per heavy atom. The molecule has 14 heavy (non-hydrogen) atoms. The quantitative estimate of drug-likeness (QED) is 0.572. The number of aliphatic hydroxyl groups is 1. The summed E-state index contributed by atoms with van der Waals surface area (Å²) in [5.41, 5.74) is 0. The minimum Gasteiger partial charge on any atom is -0.390 e. The van der Waals surface area contributed by atoms with Crippen molar-refractivity contribution in [3.05, 3.63) is 0 Å². The number of amides is 1. The van der Waals surface area contributed by atoms with Crippen LogP contribution in [0.4, 0.5) is 0 Å². The minimum atomic E-state index is -3.21. The van der Waals surface area contributed by atoms with E-state index < -0.39 is 27.9 Å². The Balaban J connectivity index is 2.51. The maximum Gasteiger partial charge on any atom is 0.246 e. The Morgan fingerprint density at radius 3 is 2.64 bits per heavy atom. The van der Waals surface area contributed by atoms with Gasteiger partial charge in [-0.1, -0.05) is 0 Å². The van der Waals surface area contributed by atoms with Crippen LogP contribution in [-0.4, -0.2) is 56.8 Å². The second-order valence-corrected chi connectivity index (χ2v) is 5.41. The van der Waals surface area contributed by atoms with Gasteiger partial charge in [-0.3, -0.25) is 4.79 Å². The van der Waals surface area contributed by atoms with E-state index in [9.17, 15) is 18.3 Å². The van der Waals surface area contributed by atoms with E-state index in [1.807, 2.05) is 0 Å². The standard InChI is InChI=1S/C7H13NO5S/c1-13-2-7(10)8-5-3-14(11,12)4-6(5)9/h5-6,9H,2-4H2,1H3,(H,8,10). The third kappa shape index (κ3) is 2.93. The average molecular weight is 223 g/mol. The molecular formula is C7H13NO5S. The second kappa shape index (κ2) is 4.24. The van der Waals surface area contributed by atoms with E-state index in [-0.39, 0.29) is 18.1 Å². The van der Waals surface area contributed by atoms with Crippen LogP contribution in [0.5, 0.6) is 0 Å². The Morgan fingerprint density at radius 1 is 1.57 bits per heavy atom. The first-order chi connectivity index (χ1) is 6.44. The lowest BCUT2D eigenvalue weighted by atomic mass is 10.2. The molecule has 82 valence electrons. The van der Waals surface area contributed by atoms with Crippen LogP contribution < -0.4 is 5.32 Å². The van der Waals surface area contributed by atoms with Crippen molar-refractivity contribution >= 4 is 15.7 Å². The number of carbonyl (C=O) groups excluding carboxylic acids is 1. The molecule has 2 unspecified atom stereocenters. The van der Waals surface area contributed by atoms with Crippen molar-refractivity contribution in [2.45, 2.75) is 12.1 Å². The van der Waals surface area contributed by atoms with E-state index in [4.69, 9.17) is 0 Å². The summed E-state index contributed by atoms with van der Waals surface area (Å²) in [6, 6.07) is -0.706. The third-order valence-corrected chi connectivity index (χ3v) is 3.66. The summed E-state index contributed by atoms with van der Waals surface area (Å²) in [4.78, 5) is 11.0. The molecule has 0 aromatic rings. The van der Waals surface area contributed by atoms with Gasteiger partial charge >= 0.3 is 0 Å². The van der Waals surface area contributed by atoms with Crippen molar-refractivity contribution in [1.29, 1.82) is 0 Å². The largest absolute Gasteiger partial charge is 0.390 e. The highest BCUT2D eigenvalue weighted by atomic mass is 32.2. The number of rotatable bonds is 3. The second-order valence-electron chi connectivity index (χ2n) is 3.25. The molecule has 0 bridgehead atoms. The molecule has 2 N–H and O–H groups in total. The van der Waals surface area contributed by atoms with Gasteiger partial charge in [0, 0.05) is 7.11 Å². The van der Waals surface area contributed by atoms with E-state index in [1.54, 1.807) is 0 Å². The Hall–Kier alpha value is -0.660. The highest BCUT2D eigenvalue weighted by molar-refractivity contribution is 7.91. The molecule has 1 rings (SSSR count). The third-order valence-electron chi connectivity index (χ3n) is 1.94. The molecule has 0 saturated carbocycles. The molecule has 0 aromatic carbocycles. The van der Waals surface area contributed by atoms with Crippen LogP contribution in [0.15, 0.2) is 0 Å². The molecular weight excluding hydrogens is 210 g/mol. The first kappa shape index (κ1) is 11.4. The van der Waals surface area contributed by atoms with Crippen LogP contribution in [-0.2, 0) is 19.4 Å². The van der Waals surface area contributed by atoms with Gasteiger partial charge in [-0.2, -0.15) is 0 Å². The van der Waals surface area contributed by atoms with Crippen molar-refractivity contribution in [2.24, 2.45) is 0 Å². The van der Waals surface area contributed by atoms with E-state index >= 15 is 0 Å². The summed E-state index contributed by atoms with van der Waals surface area (Å²) >= 11 is 0. The molecule has 0 aliphatic carbocycles. The van der Waals surface area contributed by atoms with Crippen LogP contribution in [0, 0.1) is 0 Å². The first-order valence-corrected chi connectivity index (χ1v) is 5.93. The molecule has 1 saturated heterocycles. The highest BCUT2D eigenvalue weighted by Crippen LogP contribution is 2.12. The van der Waals surface area contributed by atoms with Gasteiger partial charge < -0.3 is 15.2 Å². The van der Waals surface area contributed by atoms with Crippen LogP contribution in [0.2, 0.25) is 0 Å². The topological polar surface area (TPSA) is 92.7 Å². The summed E-state index contributed by atoms with van der Waals surface area (Å²) in [5.74, 6) is -0.914. The molecule has 0 radical (unpaired) electrons. The number of methoxy groups -OCH3 is 1. The van der Waals surface area contributed by atoms with Gasteiger partial charge in [-0.25, -0.2) is 8.42 Å². The fourth-order valence-corrected chi connectivity index (χ4v) is 3.09. The fourth-order valence-electron chi connectivity index (χ4n) is 1.35. The molecule has 2 atom stereocenters. The average Bonchev–Trinajstić information content (AvgIpc) is 2.25. The van der Waals surface area contributed by atoms with Crippen LogP contribution >= 0.6 is 0 Å². The summed E-state index contributed by atoms with van der Waals surface area (Å²) in [7, 11) is -1.85. The molecule has 1 aliphatic rings. The highest BCUT2D eigenvalue weighted by Gasteiger charge is 2.37. The van der Waals surface area contributed by atoms with Crippen molar-refractivity contribution in [3.8, 4) is 0 Å². The van der Waals surface area contributed by atoms with Gasteiger partial charge in [0.1, 0.15) is 6.61 Å². The van der Waals surface area contributed by atoms with Gasteiger partial charge in [0.15, 0.2) is 9.84 Å². The number of nitrogens with one attached hydrogen (secondary N) is 1. The molecule has 6 nitrogen and oxygen atoms in total. The molecule has 1 fully saturated rings. The minimum absolute atomic E-state index is 0.136. The van der Waals surface area contributed by atoms with E-state index in [2.05, 4.69) is 10.1 Å². The van der Waals surface area contributed by atoms with Gasteiger partial charge in [-0.05, 0) is 0 Å². The summed E-state index contributed by atoms with van der Waals surface area (Å²) in [6.45, 7) is -0.136. The molecule has 0 aromatic heterocycles. The van der Waals surface area contributed by atoms with Crippen molar-refractivity contribution in [2.75, 3.05) is 25.2 Å². The number of hydrogen-bond acceptors (Lipinski definition) is 5. The zero-order chi connectivity index (χ0) is 10.8.